The van der Waals surface area contributed by atoms with Crippen molar-refractivity contribution in [3.05, 3.63) is 33.8 Å². The summed E-state index contributed by atoms with van der Waals surface area (Å²) in [6.07, 6.45) is 2.26. The van der Waals surface area contributed by atoms with Crippen LogP contribution < -0.4 is 5.73 Å². The van der Waals surface area contributed by atoms with Gasteiger partial charge in [-0.25, -0.2) is 0 Å². The third-order valence-electron chi connectivity index (χ3n) is 3.62. The first-order valence-corrected chi connectivity index (χ1v) is 8.08. The predicted molar refractivity (Wildman–Crippen MR) is 90.9 cm³/mol. The Morgan fingerprint density at radius 1 is 1.30 bits per heavy atom. The van der Waals surface area contributed by atoms with Crippen LogP contribution in [0.5, 0.6) is 0 Å². The number of carbonyl (C=O) groups is 1. The summed E-state index contributed by atoms with van der Waals surface area (Å²) in [5, 5.41) is 0. The van der Waals surface area contributed by atoms with E-state index in [2.05, 4.69) is 61.8 Å². The minimum Gasteiger partial charge on any atom is -0.324 e. The molecule has 0 aliphatic carbocycles. The Kier molecular flexibility index (Phi) is 9.78. The fourth-order valence-corrected chi connectivity index (χ4v) is 2.25. The topological polar surface area (TPSA) is 43.1 Å². The smallest absolute Gasteiger partial charge is 0.149 e. The highest BCUT2D eigenvalue weighted by atomic mass is 79.9. The lowest BCUT2D eigenvalue weighted by Crippen LogP contribution is -2.25. The highest BCUT2D eigenvalue weighted by Crippen LogP contribution is 2.17. The van der Waals surface area contributed by atoms with E-state index < -0.39 is 0 Å². The Hall–Kier alpha value is -0.670. The van der Waals surface area contributed by atoms with Crippen LogP contribution in [0.4, 0.5) is 0 Å². The van der Waals surface area contributed by atoms with Crippen molar-refractivity contribution in [1.82, 2.24) is 0 Å². The van der Waals surface area contributed by atoms with Crippen molar-refractivity contribution >= 4 is 21.7 Å². The number of halogens is 1. The van der Waals surface area contributed by atoms with Crippen LogP contribution in [0, 0.1) is 25.7 Å². The van der Waals surface area contributed by atoms with E-state index in [1.165, 1.54) is 15.6 Å². The molecule has 0 spiro atoms. The van der Waals surface area contributed by atoms with Gasteiger partial charge in [0.1, 0.15) is 5.78 Å². The Morgan fingerprint density at radius 2 is 1.90 bits per heavy atom. The molecule has 0 aliphatic rings. The van der Waals surface area contributed by atoms with Gasteiger partial charge >= 0.3 is 0 Å². The Bertz CT molecular complexity index is 417. The van der Waals surface area contributed by atoms with Crippen molar-refractivity contribution in [3.63, 3.8) is 0 Å². The second kappa shape index (κ2) is 10.1. The van der Waals surface area contributed by atoms with Crippen LogP contribution in [0.2, 0.25) is 0 Å². The van der Waals surface area contributed by atoms with Gasteiger partial charge in [-0.2, -0.15) is 0 Å². The van der Waals surface area contributed by atoms with Gasteiger partial charge in [-0.05, 0) is 31.4 Å². The number of nitrogens with two attached hydrogens (primary N) is 1. The molecular formula is C17H28BrNO. The summed E-state index contributed by atoms with van der Waals surface area (Å²) in [5.41, 5.74) is 7.87. The average Bonchev–Trinajstić information content (AvgIpc) is 2.42. The molecule has 0 saturated heterocycles. The Labute approximate surface area is 132 Å². The first-order chi connectivity index (χ1) is 9.33. The molecule has 114 valence electrons. The molecule has 20 heavy (non-hydrogen) atoms. The van der Waals surface area contributed by atoms with Gasteiger partial charge in [-0.1, -0.05) is 67.2 Å². The van der Waals surface area contributed by atoms with E-state index in [0.29, 0.717) is 5.92 Å². The van der Waals surface area contributed by atoms with Gasteiger partial charge in [-0.3, -0.25) is 4.79 Å². The van der Waals surface area contributed by atoms with Gasteiger partial charge in [0.05, 0.1) is 6.54 Å². The lowest BCUT2D eigenvalue weighted by molar-refractivity contribution is -0.122. The van der Waals surface area contributed by atoms with E-state index >= 15 is 0 Å². The standard InChI is InChI=1S/C9H19NO.C8H9Br/c1-4-5-7(2)8(3)9(11)6-10;1-6-3-4-8(9)7(2)5-6/h7-8H,4-6,10H2,1-3H3;3-5H,1-2H3. The maximum Gasteiger partial charge on any atom is 0.149 e. The highest BCUT2D eigenvalue weighted by Gasteiger charge is 2.17. The van der Waals surface area contributed by atoms with Crippen molar-refractivity contribution in [1.29, 1.82) is 0 Å². The lowest BCUT2D eigenvalue weighted by Gasteiger charge is -2.16. The van der Waals surface area contributed by atoms with Crippen LogP contribution in [0.1, 0.15) is 44.7 Å². The number of rotatable bonds is 5. The summed E-state index contributed by atoms with van der Waals surface area (Å²) < 4.78 is 1.19. The zero-order chi connectivity index (χ0) is 15.7. The van der Waals surface area contributed by atoms with E-state index in [1.807, 2.05) is 6.92 Å². The molecule has 0 radical (unpaired) electrons. The second-order valence-corrected chi connectivity index (χ2v) is 6.33. The summed E-state index contributed by atoms with van der Waals surface area (Å²) in [4.78, 5) is 11.1. The van der Waals surface area contributed by atoms with Crippen molar-refractivity contribution in [2.24, 2.45) is 17.6 Å². The van der Waals surface area contributed by atoms with Crippen LogP contribution in [0.25, 0.3) is 0 Å². The fraction of sp³-hybridized carbons (Fsp3) is 0.588. The molecule has 0 amide bonds. The van der Waals surface area contributed by atoms with E-state index in [1.54, 1.807) is 0 Å². The summed E-state index contributed by atoms with van der Waals surface area (Å²) >= 11 is 3.43. The summed E-state index contributed by atoms with van der Waals surface area (Å²) in [6.45, 7) is 10.6. The molecule has 0 saturated carbocycles. The van der Waals surface area contributed by atoms with Gasteiger partial charge in [0, 0.05) is 10.4 Å². The zero-order valence-corrected chi connectivity index (χ0v) is 15.0. The molecule has 0 bridgehead atoms. The van der Waals surface area contributed by atoms with E-state index in [4.69, 9.17) is 5.73 Å². The molecule has 2 N–H and O–H groups in total. The Morgan fingerprint density at radius 3 is 2.30 bits per heavy atom. The monoisotopic (exact) mass is 341 g/mol. The molecule has 1 aromatic carbocycles. The molecule has 0 heterocycles. The molecular weight excluding hydrogens is 314 g/mol. The molecule has 0 fully saturated rings. The number of hydrogen-bond donors (Lipinski definition) is 1. The summed E-state index contributed by atoms with van der Waals surface area (Å²) in [7, 11) is 0. The molecule has 2 nitrogen and oxygen atoms in total. The molecule has 2 atom stereocenters. The van der Waals surface area contributed by atoms with Crippen molar-refractivity contribution in [2.75, 3.05) is 6.54 Å². The first kappa shape index (κ1) is 19.3. The van der Waals surface area contributed by atoms with Crippen LogP contribution >= 0.6 is 15.9 Å². The average molecular weight is 342 g/mol. The molecule has 2 unspecified atom stereocenters. The molecule has 0 aromatic heterocycles. The van der Waals surface area contributed by atoms with Gasteiger partial charge in [-0.15, -0.1) is 0 Å². The number of aryl methyl sites for hydroxylation is 2. The summed E-state index contributed by atoms with van der Waals surface area (Å²) in [5.74, 6) is 0.807. The number of hydrogen-bond acceptors (Lipinski definition) is 2. The molecule has 1 aromatic rings. The van der Waals surface area contributed by atoms with Gasteiger partial charge < -0.3 is 5.73 Å². The van der Waals surface area contributed by atoms with Crippen molar-refractivity contribution < 1.29 is 4.79 Å². The fourth-order valence-electron chi connectivity index (χ4n) is 2.00. The predicted octanol–water partition coefficient (Wildman–Crippen LogP) is 4.65. The quantitative estimate of drug-likeness (QED) is 0.846. The lowest BCUT2D eigenvalue weighted by atomic mass is 9.88. The van der Waals surface area contributed by atoms with E-state index in [9.17, 15) is 4.79 Å². The minimum atomic E-state index is 0.139. The minimum absolute atomic E-state index is 0.139. The van der Waals surface area contributed by atoms with E-state index in [-0.39, 0.29) is 18.2 Å². The van der Waals surface area contributed by atoms with Gasteiger partial charge in [0.25, 0.3) is 0 Å². The maximum absolute atomic E-state index is 11.1. The number of carbonyl (C=O) groups excluding carboxylic acids is 1. The van der Waals surface area contributed by atoms with E-state index in [0.717, 1.165) is 12.8 Å². The third kappa shape index (κ3) is 7.20. The third-order valence-corrected chi connectivity index (χ3v) is 4.51. The normalized spacial score (nSPS) is 13.2. The number of ketones is 1. The van der Waals surface area contributed by atoms with Crippen LogP contribution in [0.15, 0.2) is 22.7 Å². The number of benzene rings is 1. The number of Topliss-reactive ketones (excluding diaryl/α,β-unsaturated/α-hetero) is 1. The van der Waals surface area contributed by atoms with Crippen molar-refractivity contribution in [2.45, 2.75) is 47.5 Å². The molecule has 0 aliphatic heterocycles. The van der Waals surface area contributed by atoms with Crippen LogP contribution in [-0.4, -0.2) is 12.3 Å². The van der Waals surface area contributed by atoms with Gasteiger partial charge in [0.2, 0.25) is 0 Å². The first-order valence-electron chi connectivity index (χ1n) is 7.29. The van der Waals surface area contributed by atoms with Crippen molar-refractivity contribution in [3.8, 4) is 0 Å². The van der Waals surface area contributed by atoms with Gasteiger partial charge in [0.15, 0.2) is 0 Å². The largest absolute Gasteiger partial charge is 0.324 e. The maximum atomic E-state index is 11.1. The molecule has 1 rings (SSSR count). The Balaban J connectivity index is 0.000000367. The SMILES string of the molecule is CCCC(C)C(C)C(=O)CN.Cc1ccc(Br)c(C)c1. The van der Waals surface area contributed by atoms with Crippen LogP contribution in [0.3, 0.4) is 0 Å². The molecule has 3 heteroatoms. The zero-order valence-electron chi connectivity index (χ0n) is 13.4. The van der Waals surface area contributed by atoms with Crippen LogP contribution in [-0.2, 0) is 4.79 Å². The highest BCUT2D eigenvalue weighted by molar-refractivity contribution is 9.10. The summed E-state index contributed by atoms with van der Waals surface area (Å²) in [6, 6.07) is 6.33. The second-order valence-electron chi connectivity index (χ2n) is 5.48.